The van der Waals surface area contributed by atoms with Gasteiger partial charge in [-0.3, -0.25) is 4.79 Å². The van der Waals surface area contributed by atoms with Gasteiger partial charge >= 0.3 is 35.5 Å². The topological polar surface area (TPSA) is 178 Å². The molecule has 4 rings (SSSR count). The van der Waals surface area contributed by atoms with E-state index in [0.29, 0.717) is 27.5 Å². The van der Waals surface area contributed by atoms with Crippen molar-refractivity contribution in [3.8, 4) is 22.5 Å². The first kappa shape index (κ1) is 36.7. The van der Waals surface area contributed by atoms with Gasteiger partial charge in [-0.25, -0.2) is 23.5 Å². The van der Waals surface area contributed by atoms with Gasteiger partial charge in [-0.05, 0) is 24.3 Å². The number of halogens is 7. The van der Waals surface area contributed by atoms with Gasteiger partial charge < -0.3 is 25.9 Å². The Balaban J connectivity index is 0.000000367. The van der Waals surface area contributed by atoms with E-state index in [1.54, 1.807) is 24.3 Å². The Bertz CT molecular complexity index is 1540. The molecule has 2 heterocycles. The van der Waals surface area contributed by atoms with Crippen LogP contribution in [0.1, 0.15) is 21.0 Å². The summed E-state index contributed by atoms with van der Waals surface area (Å²) in [5, 5.41) is 9.33. The molecule has 41 heavy (non-hydrogen) atoms. The van der Waals surface area contributed by atoms with E-state index in [4.69, 9.17) is 72.3 Å². The molecule has 0 saturated heterocycles. The number of aldehydes is 1. The Kier molecular flexibility index (Phi) is 15.2. The van der Waals surface area contributed by atoms with Gasteiger partial charge in [0, 0.05) is 21.2 Å². The fraction of sp³-hybridized carbons (Fsp3) is 0. The zero-order chi connectivity index (χ0) is 30.1. The molecule has 0 aliphatic carbocycles. The Hall–Kier alpha value is -2.29. The van der Waals surface area contributed by atoms with Crippen LogP contribution in [-0.2, 0) is 0 Å². The van der Waals surface area contributed by atoms with E-state index in [2.05, 4.69) is 9.97 Å². The molecule has 2 aromatic carbocycles. The SMILES string of the molecule is Nc1c(F)c(-c2ccc(Cl)cc2)nc(C(=O)O)c1Cl.Nc1c(F)c(-c2ccc(Cl)cc2)nc(C=O)c1Cl.[Na+].[O-][Cl+][O-]. The van der Waals surface area contributed by atoms with E-state index in [-0.39, 0.29) is 57.3 Å². The molecule has 0 atom stereocenters. The number of nitrogens with two attached hydrogens (primary N) is 2. The predicted molar refractivity (Wildman–Crippen MR) is 140 cm³/mol. The molecule has 2 aromatic heterocycles. The van der Waals surface area contributed by atoms with E-state index in [0.717, 1.165) is 0 Å². The zero-order valence-corrected chi connectivity index (χ0v) is 26.3. The van der Waals surface area contributed by atoms with E-state index in [1.165, 1.54) is 24.3 Å². The number of anilines is 2. The summed E-state index contributed by atoms with van der Waals surface area (Å²) >= 11 is 22.4. The third-order valence-corrected chi connectivity index (χ3v) is 6.08. The molecule has 0 unspecified atom stereocenters. The van der Waals surface area contributed by atoms with Crippen LogP contribution in [0.5, 0.6) is 0 Å². The summed E-state index contributed by atoms with van der Waals surface area (Å²) in [6, 6.07) is 12.4. The van der Waals surface area contributed by atoms with Crippen LogP contribution in [0.15, 0.2) is 48.5 Å². The smallest absolute Gasteiger partial charge is 0.544 e. The second-order valence-electron chi connectivity index (χ2n) is 7.24. The summed E-state index contributed by atoms with van der Waals surface area (Å²) in [6.45, 7) is 0. The van der Waals surface area contributed by atoms with Crippen molar-refractivity contribution in [2.24, 2.45) is 0 Å². The fourth-order valence-electron chi connectivity index (χ4n) is 2.96. The van der Waals surface area contributed by atoms with Crippen molar-refractivity contribution in [1.29, 1.82) is 0 Å². The molecule has 5 N–H and O–H groups in total. The normalized spacial score (nSPS) is 9.85. The Labute approximate surface area is 277 Å². The molecular weight excluding hydrogens is 663 g/mol. The molecule has 4 aromatic rings. The van der Waals surface area contributed by atoms with E-state index >= 15 is 0 Å². The minimum absolute atomic E-state index is 0. The molecule has 210 valence electrons. The number of rotatable bonds is 4. The van der Waals surface area contributed by atoms with Gasteiger partial charge in [-0.2, -0.15) is 0 Å². The van der Waals surface area contributed by atoms with Crippen LogP contribution < -0.4 is 50.3 Å². The van der Waals surface area contributed by atoms with Gasteiger partial charge in [0.15, 0.2) is 23.6 Å². The zero-order valence-electron chi connectivity index (χ0n) is 20.5. The van der Waals surface area contributed by atoms with Gasteiger partial charge in [-0.15, -0.1) is 0 Å². The maximum Gasteiger partial charge on any atom is 1.00 e. The largest absolute Gasteiger partial charge is 1.00 e. The third kappa shape index (κ3) is 9.35. The summed E-state index contributed by atoms with van der Waals surface area (Å²) in [5.74, 6) is -3.00. The summed E-state index contributed by atoms with van der Waals surface area (Å²) in [6.07, 6.45) is 0.428. The van der Waals surface area contributed by atoms with Crippen molar-refractivity contribution in [1.82, 2.24) is 9.97 Å². The maximum atomic E-state index is 14.0. The third-order valence-electron chi connectivity index (χ3n) is 4.80. The van der Waals surface area contributed by atoms with E-state index in [1.807, 2.05) is 0 Å². The van der Waals surface area contributed by atoms with Gasteiger partial charge in [0.1, 0.15) is 17.1 Å². The molecule has 17 heteroatoms. The minimum atomic E-state index is -1.38. The second-order valence-corrected chi connectivity index (χ2v) is 8.99. The Morgan fingerprint density at radius 2 is 1.17 bits per heavy atom. The number of nitrogens with zero attached hydrogens (tertiary/aromatic N) is 2. The van der Waals surface area contributed by atoms with Crippen LogP contribution in [0.3, 0.4) is 0 Å². The van der Waals surface area contributed by atoms with Crippen LogP contribution in [0.4, 0.5) is 20.2 Å². The van der Waals surface area contributed by atoms with Crippen LogP contribution in [0, 0.1) is 23.0 Å². The Morgan fingerprint density at radius 3 is 1.54 bits per heavy atom. The van der Waals surface area contributed by atoms with Gasteiger partial charge in [0.25, 0.3) is 0 Å². The molecule has 0 bridgehead atoms. The Morgan fingerprint density at radius 1 is 0.805 bits per heavy atom. The molecule has 0 amide bonds. The first-order chi connectivity index (χ1) is 18.9. The van der Waals surface area contributed by atoms with E-state index in [9.17, 15) is 18.4 Å². The van der Waals surface area contributed by atoms with Gasteiger partial charge in [0.2, 0.25) is 0 Å². The second kappa shape index (κ2) is 17.0. The fourth-order valence-corrected chi connectivity index (χ4v) is 3.59. The molecular formula is C24H14Cl5F2N4NaO5. The molecule has 0 spiro atoms. The number of carboxylic acids is 1. The number of carbonyl (C=O) groups excluding carboxylic acids is 1. The number of benzene rings is 2. The number of pyridine rings is 2. The van der Waals surface area contributed by atoms with Crippen molar-refractivity contribution in [2.75, 3.05) is 11.5 Å². The van der Waals surface area contributed by atoms with Crippen LogP contribution in [0.25, 0.3) is 22.5 Å². The monoisotopic (exact) mass is 674 g/mol. The molecule has 9 nitrogen and oxygen atoms in total. The molecule has 0 fully saturated rings. The first-order valence-corrected chi connectivity index (χ1v) is 12.4. The first-order valence-electron chi connectivity index (χ1n) is 10.3. The van der Waals surface area contributed by atoms with Crippen molar-refractivity contribution >= 4 is 70.0 Å². The van der Waals surface area contributed by atoms with Crippen LogP contribution in [-0.4, -0.2) is 27.3 Å². The van der Waals surface area contributed by atoms with Crippen LogP contribution in [0.2, 0.25) is 20.1 Å². The van der Waals surface area contributed by atoms with Crippen LogP contribution >= 0.6 is 46.4 Å². The molecule has 0 aliphatic heterocycles. The van der Waals surface area contributed by atoms with E-state index < -0.39 is 45.3 Å². The minimum Gasteiger partial charge on any atom is -0.544 e. The number of aromatic carboxylic acids is 1. The molecule has 0 aliphatic rings. The average molecular weight is 677 g/mol. The number of hydrogen-bond acceptors (Lipinski definition) is 8. The average Bonchev–Trinajstić information content (AvgIpc) is 2.93. The summed E-state index contributed by atoms with van der Waals surface area (Å²) < 4.78 is 44.4. The number of aromatic nitrogens is 2. The molecule has 0 radical (unpaired) electrons. The standard InChI is InChI=1S/C12H7Cl2FN2O2.C12H7Cl2FN2O.ClO2.Na/c13-6-3-1-5(2-4-6)10-8(15)9(16)7(14)11(17-10)12(18)19;13-7-3-1-6(2-4-7)12-10(15)11(16)9(14)8(5-18)17-12;2-1-3;/h1-4H,(H2,16,17)(H,18,19);1-5H,(H2,16,17);;/q;;-1;+1. The maximum absolute atomic E-state index is 14.0. The number of carboxylic acid groups (broad SMARTS) is 1. The summed E-state index contributed by atoms with van der Waals surface area (Å²) in [7, 11) is 0. The van der Waals surface area contributed by atoms with Gasteiger partial charge in [0.05, 0.1) is 32.7 Å². The quantitative estimate of drug-likeness (QED) is 0.214. The van der Waals surface area contributed by atoms with Crippen molar-refractivity contribution in [3.63, 3.8) is 0 Å². The summed E-state index contributed by atoms with van der Waals surface area (Å²) in [5.41, 5.74) is 10.2. The number of nitrogen functional groups attached to an aromatic ring is 2. The van der Waals surface area contributed by atoms with Crippen molar-refractivity contribution < 1.29 is 73.7 Å². The predicted octanol–water partition coefficient (Wildman–Crippen LogP) is 1.69. The summed E-state index contributed by atoms with van der Waals surface area (Å²) in [4.78, 5) is 29.3. The number of hydrogen-bond donors (Lipinski definition) is 3. The van der Waals surface area contributed by atoms with Crippen molar-refractivity contribution in [3.05, 3.63) is 91.6 Å². The van der Waals surface area contributed by atoms with Gasteiger partial charge in [-0.1, -0.05) is 70.7 Å². The van der Waals surface area contributed by atoms with Crippen molar-refractivity contribution in [2.45, 2.75) is 0 Å². The number of carbonyl (C=O) groups is 2. The molecule has 0 saturated carbocycles.